The molecule has 0 aliphatic carbocycles. The van der Waals surface area contributed by atoms with Crippen LogP contribution in [0, 0.1) is 11.3 Å². The van der Waals surface area contributed by atoms with Crippen LogP contribution in [-0.4, -0.2) is 30.2 Å². The average molecular weight is 426 g/mol. The topological polar surface area (TPSA) is 133 Å². The van der Waals surface area contributed by atoms with Crippen molar-refractivity contribution in [1.82, 2.24) is 9.97 Å². The highest BCUT2D eigenvalue weighted by Gasteiger charge is 2.16. The molecule has 0 saturated heterocycles. The van der Waals surface area contributed by atoms with Gasteiger partial charge in [0.2, 0.25) is 5.76 Å². The second-order valence-corrected chi connectivity index (χ2v) is 6.75. The minimum atomic E-state index is -0.555. The first-order chi connectivity index (χ1) is 14.5. The number of furan rings is 1. The molecule has 154 valence electrons. The maximum absolute atomic E-state index is 11.5. The van der Waals surface area contributed by atoms with Gasteiger partial charge in [-0.3, -0.25) is 0 Å². The molecule has 2 heterocycles. The number of carbonyl (C=O) groups is 1. The number of nitrogens with zero attached hydrogens (tertiary/aromatic N) is 3. The Bertz CT molecular complexity index is 1090. The Hall–Kier alpha value is -3.71. The molecule has 0 fully saturated rings. The van der Waals surface area contributed by atoms with E-state index in [-0.39, 0.29) is 23.7 Å². The van der Waals surface area contributed by atoms with E-state index < -0.39 is 5.97 Å². The summed E-state index contributed by atoms with van der Waals surface area (Å²) in [5, 5.41) is 9.77. The molecule has 2 aromatic heterocycles. The van der Waals surface area contributed by atoms with Crippen LogP contribution in [-0.2, 0) is 17.1 Å². The second kappa shape index (κ2) is 9.67. The zero-order valence-corrected chi connectivity index (χ0v) is 17.1. The van der Waals surface area contributed by atoms with E-state index in [1.165, 1.54) is 24.9 Å². The number of methoxy groups -OCH3 is 2. The fourth-order valence-corrected chi connectivity index (χ4v) is 3.24. The number of ether oxygens (including phenoxy) is 3. The summed E-state index contributed by atoms with van der Waals surface area (Å²) >= 11 is 1.25. The minimum absolute atomic E-state index is 0.0107. The first kappa shape index (κ1) is 21.0. The molecule has 0 spiro atoms. The largest absolute Gasteiger partial charge is 0.493 e. The quantitative estimate of drug-likeness (QED) is 0.325. The Morgan fingerprint density at radius 2 is 1.97 bits per heavy atom. The molecular formula is C20H18N4O5S. The van der Waals surface area contributed by atoms with E-state index in [0.717, 1.165) is 0 Å². The molecule has 3 rings (SSSR count). The average Bonchev–Trinajstić information content (AvgIpc) is 3.24. The van der Waals surface area contributed by atoms with Crippen LogP contribution in [0.15, 0.2) is 46.0 Å². The van der Waals surface area contributed by atoms with Crippen LogP contribution in [0.3, 0.4) is 0 Å². The predicted octanol–water partition coefficient (Wildman–Crippen LogP) is 3.19. The van der Waals surface area contributed by atoms with Crippen molar-refractivity contribution in [3.05, 3.63) is 59.2 Å². The van der Waals surface area contributed by atoms with Gasteiger partial charge >= 0.3 is 5.97 Å². The number of thioether (sulfide) groups is 1. The molecule has 0 unspecified atom stereocenters. The third-order valence-electron chi connectivity index (χ3n) is 3.93. The number of nitriles is 1. The number of hydrogen-bond acceptors (Lipinski definition) is 10. The molecule has 1 aromatic carbocycles. The number of hydrogen-bond donors (Lipinski definition) is 1. The predicted molar refractivity (Wildman–Crippen MR) is 108 cm³/mol. The van der Waals surface area contributed by atoms with Crippen LogP contribution in [0.1, 0.15) is 27.6 Å². The summed E-state index contributed by atoms with van der Waals surface area (Å²) in [6.07, 6.45) is 0. The van der Waals surface area contributed by atoms with Crippen molar-refractivity contribution < 1.29 is 23.4 Å². The van der Waals surface area contributed by atoms with Gasteiger partial charge in [0.25, 0.3) is 0 Å². The summed E-state index contributed by atoms with van der Waals surface area (Å²) < 4.78 is 21.1. The summed E-state index contributed by atoms with van der Waals surface area (Å²) in [6.45, 7) is 0.0107. The molecule has 0 radical (unpaired) electrons. The van der Waals surface area contributed by atoms with Crippen LogP contribution in [0.4, 0.5) is 5.82 Å². The number of esters is 1. The van der Waals surface area contributed by atoms with E-state index in [1.54, 1.807) is 25.3 Å². The minimum Gasteiger partial charge on any atom is -0.493 e. The molecule has 0 bridgehead atoms. The summed E-state index contributed by atoms with van der Waals surface area (Å²) in [5.41, 5.74) is 6.44. The van der Waals surface area contributed by atoms with Gasteiger partial charge in [0.05, 0.1) is 20.0 Å². The Kier molecular flexibility index (Phi) is 6.77. The first-order valence-electron chi connectivity index (χ1n) is 8.67. The number of carbonyl (C=O) groups excluding carboxylic acids is 1. The SMILES string of the molecule is COC(=O)c1ccc(CSc2nc(N)c(C#N)c(COc3ccccc3OC)n2)o1. The summed E-state index contributed by atoms with van der Waals surface area (Å²) in [4.78, 5) is 20.0. The van der Waals surface area contributed by atoms with Gasteiger partial charge in [0, 0.05) is 0 Å². The monoisotopic (exact) mass is 426 g/mol. The van der Waals surface area contributed by atoms with Crippen molar-refractivity contribution in [1.29, 1.82) is 5.26 Å². The Morgan fingerprint density at radius 3 is 2.67 bits per heavy atom. The van der Waals surface area contributed by atoms with E-state index in [4.69, 9.17) is 19.6 Å². The Morgan fingerprint density at radius 1 is 1.20 bits per heavy atom. The number of rotatable bonds is 8. The van der Waals surface area contributed by atoms with Gasteiger partial charge in [-0.1, -0.05) is 23.9 Å². The number of para-hydroxylation sites is 2. The van der Waals surface area contributed by atoms with Crippen molar-refractivity contribution >= 4 is 23.5 Å². The lowest BCUT2D eigenvalue weighted by atomic mass is 10.2. The van der Waals surface area contributed by atoms with Crippen molar-refractivity contribution in [3.8, 4) is 17.6 Å². The molecular weight excluding hydrogens is 408 g/mol. The van der Waals surface area contributed by atoms with E-state index in [1.807, 2.05) is 18.2 Å². The van der Waals surface area contributed by atoms with E-state index in [9.17, 15) is 10.1 Å². The van der Waals surface area contributed by atoms with E-state index >= 15 is 0 Å². The Labute approximate surface area is 176 Å². The zero-order valence-electron chi connectivity index (χ0n) is 16.2. The third-order valence-corrected chi connectivity index (χ3v) is 4.80. The summed E-state index contributed by atoms with van der Waals surface area (Å²) in [6, 6.07) is 12.4. The molecule has 0 saturated carbocycles. The van der Waals surface area contributed by atoms with Gasteiger partial charge in [0.15, 0.2) is 16.7 Å². The highest BCUT2D eigenvalue weighted by Crippen LogP contribution is 2.28. The zero-order chi connectivity index (χ0) is 21.5. The fraction of sp³-hybridized carbons (Fsp3) is 0.200. The van der Waals surface area contributed by atoms with Gasteiger partial charge < -0.3 is 24.4 Å². The number of anilines is 1. The molecule has 30 heavy (non-hydrogen) atoms. The van der Waals surface area contributed by atoms with Gasteiger partial charge in [-0.15, -0.1) is 0 Å². The van der Waals surface area contributed by atoms with Crippen LogP contribution in [0.2, 0.25) is 0 Å². The normalized spacial score (nSPS) is 10.3. The van der Waals surface area contributed by atoms with Crippen LogP contribution < -0.4 is 15.2 Å². The van der Waals surface area contributed by atoms with Crippen LogP contribution in [0.25, 0.3) is 0 Å². The highest BCUT2D eigenvalue weighted by molar-refractivity contribution is 7.98. The van der Waals surface area contributed by atoms with Gasteiger partial charge in [-0.25, -0.2) is 14.8 Å². The maximum Gasteiger partial charge on any atom is 0.373 e. The lowest BCUT2D eigenvalue weighted by molar-refractivity contribution is 0.0563. The maximum atomic E-state index is 11.5. The molecule has 3 aromatic rings. The molecule has 2 N–H and O–H groups in total. The van der Waals surface area contributed by atoms with Crippen molar-refractivity contribution in [2.45, 2.75) is 17.5 Å². The lowest BCUT2D eigenvalue weighted by Gasteiger charge is -2.12. The second-order valence-electron chi connectivity index (χ2n) is 5.81. The van der Waals surface area contributed by atoms with Gasteiger partial charge in [0.1, 0.15) is 35.5 Å². The van der Waals surface area contributed by atoms with Crippen molar-refractivity contribution in [2.24, 2.45) is 0 Å². The fourth-order valence-electron chi connectivity index (χ4n) is 2.48. The standard InChI is InChI=1S/C20H18N4O5S/c1-26-15-5-3-4-6-16(15)28-10-14-13(9-21)18(22)24-20(23-14)30-11-12-7-8-17(29-12)19(25)27-2/h3-8H,10-11H2,1-2H3,(H2,22,23,24). The number of nitrogen functional groups attached to an aromatic ring is 1. The van der Waals surface area contributed by atoms with Crippen molar-refractivity contribution in [2.75, 3.05) is 20.0 Å². The highest BCUT2D eigenvalue weighted by atomic mass is 32.2. The molecule has 0 aliphatic heterocycles. The number of aromatic nitrogens is 2. The molecule has 0 amide bonds. The third kappa shape index (κ3) is 4.82. The number of benzene rings is 1. The van der Waals surface area contributed by atoms with Crippen LogP contribution >= 0.6 is 11.8 Å². The molecule has 0 atom stereocenters. The smallest absolute Gasteiger partial charge is 0.373 e. The van der Waals surface area contributed by atoms with E-state index in [0.29, 0.717) is 33.9 Å². The van der Waals surface area contributed by atoms with Crippen LogP contribution in [0.5, 0.6) is 11.5 Å². The lowest BCUT2D eigenvalue weighted by Crippen LogP contribution is -2.08. The van der Waals surface area contributed by atoms with Crippen molar-refractivity contribution in [3.63, 3.8) is 0 Å². The molecule has 10 heteroatoms. The Balaban J connectivity index is 1.75. The molecule has 9 nitrogen and oxygen atoms in total. The van der Waals surface area contributed by atoms with Gasteiger partial charge in [-0.2, -0.15) is 5.26 Å². The van der Waals surface area contributed by atoms with E-state index in [2.05, 4.69) is 14.7 Å². The molecule has 0 aliphatic rings. The summed E-state index contributed by atoms with van der Waals surface area (Å²) in [5.74, 6) is 1.59. The number of nitrogens with two attached hydrogens (primary N) is 1. The summed E-state index contributed by atoms with van der Waals surface area (Å²) in [7, 11) is 2.82. The van der Waals surface area contributed by atoms with Gasteiger partial charge in [-0.05, 0) is 24.3 Å². The first-order valence-corrected chi connectivity index (χ1v) is 9.66.